The number of nitrogens with zero attached hydrogens (tertiary/aromatic N) is 1. The minimum Gasteiger partial charge on any atom is -0.497 e. The molecule has 0 unspecified atom stereocenters. The summed E-state index contributed by atoms with van der Waals surface area (Å²) in [6, 6.07) is 14.3. The van der Waals surface area contributed by atoms with Gasteiger partial charge in [-0.15, -0.1) is 0 Å². The van der Waals surface area contributed by atoms with Crippen LogP contribution in [0.3, 0.4) is 0 Å². The molecular formula is C19H15IN2O4S. The molecule has 3 rings (SSSR count). The SMILES string of the molecule is COc1ccc(/C=C2/SC(=O)N(CC(=O)Nc3ccc(I)cc3)C2=O)cc1. The quantitative estimate of drug-likeness (QED) is 0.503. The van der Waals surface area contributed by atoms with Gasteiger partial charge in [-0.05, 0) is 82.4 Å². The van der Waals surface area contributed by atoms with Gasteiger partial charge in [0.15, 0.2) is 0 Å². The number of thioether (sulfide) groups is 1. The van der Waals surface area contributed by atoms with Crippen LogP contribution in [0.2, 0.25) is 0 Å². The molecule has 1 aliphatic heterocycles. The monoisotopic (exact) mass is 494 g/mol. The molecule has 0 radical (unpaired) electrons. The fourth-order valence-corrected chi connectivity index (χ4v) is 3.56. The summed E-state index contributed by atoms with van der Waals surface area (Å²) < 4.78 is 6.14. The van der Waals surface area contributed by atoms with E-state index in [1.807, 2.05) is 12.1 Å². The van der Waals surface area contributed by atoms with Crippen LogP contribution in [0.4, 0.5) is 10.5 Å². The zero-order valence-electron chi connectivity index (χ0n) is 14.3. The highest BCUT2D eigenvalue weighted by molar-refractivity contribution is 14.1. The molecule has 1 saturated heterocycles. The van der Waals surface area contributed by atoms with E-state index in [4.69, 9.17) is 4.74 Å². The minimum atomic E-state index is -0.474. The Morgan fingerprint density at radius 1 is 1.15 bits per heavy atom. The second-order valence-corrected chi connectivity index (χ2v) is 7.83. The summed E-state index contributed by atoms with van der Waals surface area (Å²) in [6.07, 6.45) is 1.63. The van der Waals surface area contributed by atoms with E-state index in [1.165, 1.54) is 0 Å². The van der Waals surface area contributed by atoms with E-state index in [-0.39, 0.29) is 11.4 Å². The zero-order chi connectivity index (χ0) is 19.4. The van der Waals surface area contributed by atoms with Crippen LogP contribution in [0.5, 0.6) is 5.75 Å². The van der Waals surface area contributed by atoms with Crippen LogP contribution >= 0.6 is 34.4 Å². The molecule has 1 N–H and O–H groups in total. The van der Waals surface area contributed by atoms with Gasteiger partial charge >= 0.3 is 0 Å². The molecule has 2 aromatic rings. The first kappa shape index (κ1) is 19.4. The number of carbonyl (C=O) groups excluding carboxylic acids is 3. The fraction of sp³-hybridized carbons (Fsp3) is 0.105. The van der Waals surface area contributed by atoms with Gasteiger partial charge in [0, 0.05) is 9.26 Å². The first-order chi connectivity index (χ1) is 13.0. The Hall–Kier alpha value is -2.33. The van der Waals surface area contributed by atoms with Crippen LogP contribution in [0, 0.1) is 3.57 Å². The third kappa shape index (κ3) is 4.89. The summed E-state index contributed by atoms with van der Waals surface area (Å²) >= 11 is 2.99. The Balaban J connectivity index is 1.67. The Morgan fingerprint density at radius 3 is 2.44 bits per heavy atom. The molecule has 0 atom stereocenters. The molecule has 0 aliphatic carbocycles. The number of hydrogen-bond donors (Lipinski definition) is 1. The lowest BCUT2D eigenvalue weighted by atomic mass is 10.2. The largest absolute Gasteiger partial charge is 0.497 e. The van der Waals surface area contributed by atoms with Gasteiger partial charge < -0.3 is 10.1 Å². The fourth-order valence-electron chi connectivity index (χ4n) is 2.37. The van der Waals surface area contributed by atoms with Crippen molar-refractivity contribution in [1.82, 2.24) is 4.90 Å². The number of nitrogens with one attached hydrogen (secondary N) is 1. The molecule has 1 aliphatic rings. The second-order valence-electron chi connectivity index (χ2n) is 5.60. The van der Waals surface area contributed by atoms with E-state index in [2.05, 4.69) is 27.9 Å². The topological polar surface area (TPSA) is 75.7 Å². The molecule has 138 valence electrons. The molecule has 27 heavy (non-hydrogen) atoms. The summed E-state index contributed by atoms with van der Waals surface area (Å²) in [6.45, 7) is -0.323. The van der Waals surface area contributed by atoms with Gasteiger partial charge in [-0.1, -0.05) is 12.1 Å². The normalized spacial score (nSPS) is 15.3. The van der Waals surface area contributed by atoms with Crippen molar-refractivity contribution in [2.24, 2.45) is 0 Å². The van der Waals surface area contributed by atoms with Gasteiger partial charge in [0.1, 0.15) is 12.3 Å². The van der Waals surface area contributed by atoms with Crippen LogP contribution in [0.1, 0.15) is 5.56 Å². The number of rotatable bonds is 5. The summed E-state index contributed by atoms with van der Waals surface area (Å²) in [4.78, 5) is 38.0. The zero-order valence-corrected chi connectivity index (χ0v) is 17.2. The van der Waals surface area contributed by atoms with Crippen molar-refractivity contribution in [1.29, 1.82) is 0 Å². The van der Waals surface area contributed by atoms with E-state index in [0.29, 0.717) is 11.4 Å². The van der Waals surface area contributed by atoms with Crippen molar-refractivity contribution < 1.29 is 19.1 Å². The van der Waals surface area contributed by atoms with Crippen molar-refractivity contribution in [3.05, 3.63) is 62.6 Å². The maximum absolute atomic E-state index is 12.5. The predicted molar refractivity (Wildman–Crippen MR) is 113 cm³/mol. The number of carbonyl (C=O) groups is 3. The van der Waals surface area contributed by atoms with Crippen molar-refractivity contribution in [3.63, 3.8) is 0 Å². The number of anilines is 1. The molecule has 6 nitrogen and oxygen atoms in total. The lowest BCUT2D eigenvalue weighted by molar-refractivity contribution is -0.127. The predicted octanol–water partition coefficient (Wildman–Crippen LogP) is 3.97. The molecule has 3 amide bonds. The molecule has 1 fully saturated rings. The molecule has 0 bridgehead atoms. The highest BCUT2D eigenvalue weighted by atomic mass is 127. The van der Waals surface area contributed by atoms with Crippen molar-refractivity contribution in [2.75, 3.05) is 19.0 Å². The Kier molecular flexibility index (Phi) is 6.17. The number of ether oxygens (including phenoxy) is 1. The van der Waals surface area contributed by atoms with E-state index in [1.54, 1.807) is 49.6 Å². The third-order valence-electron chi connectivity index (χ3n) is 3.72. The maximum Gasteiger partial charge on any atom is 0.294 e. The molecule has 0 spiro atoms. The smallest absolute Gasteiger partial charge is 0.294 e. The van der Waals surface area contributed by atoms with Crippen molar-refractivity contribution in [2.45, 2.75) is 0 Å². The number of amides is 3. The van der Waals surface area contributed by atoms with Gasteiger partial charge in [-0.25, -0.2) is 0 Å². The molecule has 1 heterocycles. The molecule has 8 heteroatoms. The number of imide groups is 1. The highest BCUT2D eigenvalue weighted by Gasteiger charge is 2.36. The summed E-state index contributed by atoms with van der Waals surface area (Å²) in [7, 11) is 1.57. The lowest BCUT2D eigenvalue weighted by Crippen LogP contribution is -2.36. The average Bonchev–Trinajstić information content (AvgIpc) is 2.91. The summed E-state index contributed by atoms with van der Waals surface area (Å²) in [5.74, 6) is -0.199. The molecular weight excluding hydrogens is 479 g/mol. The van der Waals surface area contributed by atoms with E-state index in [0.717, 1.165) is 25.8 Å². The maximum atomic E-state index is 12.5. The first-order valence-corrected chi connectivity index (χ1v) is 9.80. The van der Waals surface area contributed by atoms with Crippen LogP contribution in [0.15, 0.2) is 53.4 Å². The Labute approximate surface area is 174 Å². The summed E-state index contributed by atoms with van der Waals surface area (Å²) in [5, 5.41) is 2.22. The first-order valence-electron chi connectivity index (χ1n) is 7.91. The third-order valence-corrected chi connectivity index (χ3v) is 5.34. The standard InChI is InChI=1S/C19H15IN2O4S/c1-26-15-8-2-12(3-9-15)10-16-18(24)22(19(25)27-16)11-17(23)21-14-6-4-13(20)5-7-14/h2-10H,11H2,1H3,(H,21,23)/b16-10+. The Morgan fingerprint density at radius 2 is 1.81 bits per heavy atom. The van der Waals surface area contributed by atoms with Crippen molar-refractivity contribution in [3.8, 4) is 5.75 Å². The number of benzene rings is 2. The second kappa shape index (κ2) is 8.57. The molecule has 2 aromatic carbocycles. The Bertz CT molecular complexity index is 910. The summed E-state index contributed by atoms with van der Waals surface area (Å²) in [5.41, 5.74) is 1.38. The highest BCUT2D eigenvalue weighted by Crippen LogP contribution is 2.32. The van der Waals surface area contributed by atoms with Crippen LogP contribution in [-0.4, -0.2) is 35.6 Å². The minimum absolute atomic E-state index is 0.284. The van der Waals surface area contributed by atoms with Gasteiger partial charge in [0.25, 0.3) is 11.1 Å². The van der Waals surface area contributed by atoms with E-state index in [9.17, 15) is 14.4 Å². The number of methoxy groups -OCH3 is 1. The van der Waals surface area contributed by atoms with Crippen LogP contribution in [0.25, 0.3) is 6.08 Å². The van der Waals surface area contributed by atoms with Gasteiger partial charge in [-0.2, -0.15) is 0 Å². The molecule has 0 saturated carbocycles. The van der Waals surface area contributed by atoms with Crippen LogP contribution in [-0.2, 0) is 9.59 Å². The van der Waals surface area contributed by atoms with Crippen LogP contribution < -0.4 is 10.1 Å². The van der Waals surface area contributed by atoms with Crippen molar-refractivity contribution >= 4 is 63.2 Å². The lowest BCUT2D eigenvalue weighted by Gasteiger charge is -2.12. The van der Waals surface area contributed by atoms with Gasteiger partial charge in [-0.3, -0.25) is 19.3 Å². The number of hydrogen-bond acceptors (Lipinski definition) is 5. The van der Waals surface area contributed by atoms with Gasteiger partial charge in [0.2, 0.25) is 5.91 Å². The van der Waals surface area contributed by atoms with Gasteiger partial charge in [0.05, 0.1) is 12.0 Å². The van der Waals surface area contributed by atoms with E-state index >= 15 is 0 Å². The van der Waals surface area contributed by atoms with E-state index < -0.39 is 17.1 Å². The number of halogens is 1. The average molecular weight is 494 g/mol. The molecule has 0 aromatic heterocycles.